The maximum atomic E-state index is 12.5. The third-order valence-electron chi connectivity index (χ3n) is 4.53. The van der Waals surface area contributed by atoms with Crippen molar-refractivity contribution in [2.75, 3.05) is 6.61 Å². The Kier molecular flexibility index (Phi) is 5.34. The SMILES string of the molecule is O=C(COc1ccc2ccccc2c1)OC(c1ccccc1)c1ccccc1. The van der Waals surface area contributed by atoms with Crippen LogP contribution in [0.25, 0.3) is 10.8 Å². The molecule has 0 amide bonds. The van der Waals surface area contributed by atoms with Crippen molar-refractivity contribution in [3.63, 3.8) is 0 Å². The Morgan fingerprint density at radius 2 is 1.25 bits per heavy atom. The fourth-order valence-corrected chi connectivity index (χ4v) is 3.15. The van der Waals surface area contributed by atoms with Crippen LogP contribution in [0.4, 0.5) is 0 Å². The summed E-state index contributed by atoms with van der Waals surface area (Å²) in [6, 6.07) is 33.2. The summed E-state index contributed by atoms with van der Waals surface area (Å²) >= 11 is 0. The summed E-state index contributed by atoms with van der Waals surface area (Å²) in [5.41, 5.74) is 1.85. The van der Waals surface area contributed by atoms with Crippen LogP contribution in [0.1, 0.15) is 17.2 Å². The quantitative estimate of drug-likeness (QED) is 0.419. The van der Waals surface area contributed by atoms with E-state index >= 15 is 0 Å². The molecule has 0 bridgehead atoms. The van der Waals surface area contributed by atoms with Crippen LogP contribution in [-0.2, 0) is 9.53 Å². The highest BCUT2D eigenvalue weighted by molar-refractivity contribution is 5.83. The van der Waals surface area contributed by atoms with Crippen LogP contribution in [0.5, 0.6) is 5.75 Å². The lowest BCUT2D eigenvalue weighted by Crippen LogP contribution is -2.19. The molecule has 3 heteroatoms. The first-order chi connectivity index (χ1) is 13.8. The minimum Gasteiger partial charge on any atom is -0.482 e. The molecular weight excluding hydrogens is 348 g/mol. The van der Waals surface area contributed by atoms with Gasteiger partial charge in [0.1, 0.15) is 5.75 Å². The van der Waals surface area contributed by atoms with E-state index in [1.807, 2.05) is 103 Å². The first kappa shape index (κ1) is 17.8. The molecule has 0 aliphatic carbocycles. The van der Waals surface area contributed by atoms with E-state index in [4.69, 9.17) is 9.47 Å². The van der Waals surface area contributed by atoms with Crippen LogP contribution in [0.2, 0.25) is 0 Å². The van der Waals surface area contributed by atoms with Crippen molar-refractivity contribution < 1.29 is 14.3 Å². The zero-order chi connectivity index (χ0) is 19.2. The van der Waals surface area contributed by atoms with Crippen LogP contribution in [-0.4, -0.2) is 12.6 Å². The maximum Gasteiger partial charge on any atom is 0.345 e. The van der Waals surface area contributed by atoms with Gasteiger partial charge in [0.15, 0.2) is 12.7 Å². The molecule has 0 saturated carbocycles. The summed E-state index contributed by atoms with van der Waals surface area (Å²) in [5.74, 6) is 0.234. The molecule has 0 heterocycles. The number of benzene rings is 4. The highest BCUT2D eigenvalue weighted by Gasteiger charge is 2.19. The Morgan fingerprint density at radius 3 is 1.89 bits per heavy atom. The van der Waals surface area contributed by atoms with E-state index in [0.717, 1.165) is 21.9 Å². The number of hydrogen-bond acceptors (Lipinski definition) is 3. The molecule has 0 N–H and O–H groups in total. The molecule has 0 aromatic heterocycles. The number of fused-ring (bicyclic) bond motifs is 1. The Balaban J connectivity index is 1.47. The molecule has 0 unspecified atom stereocenters. The lowest BCUT2D eigenvalue weighted by Gasteiger charge is -2.19. The second-order valence-electron chi connectivity index (χ2n) is 6.49. The van der Waals surface area contributed by atoms with E-state index in [1.54, 1.807) is 0 Å². The molecule has 3 nitrogen and oxygen atoms in total. The maximum absolute atomic E-state index is 12.5. The number of esters is 1. The topological polar surface area (TPSA) is 35.5 Å². The Hall–Kier alpha value is -3.59. The molecule has 0 aliphatic rings. The summed E-state index contributed by atoms with van der Waals surface area (Å²) in [7, 11) is 0. The highest BCUT2D eigenvalue weighted by Crippen LogP contribution is 2.26. The van der Waals surface area contributed by atoms with E-state index in [9.17, 15) is 4.79 Å². The van der Waals surface area contributed by atoms with Crippen molar-refractivity contribution in [2.45, 2.75) is 6.10 Å². The van der Waals surface area contributed by atoms with Gasteiger partial charge in [0.25, 0.3) is 0 Å². The van der Waals surface area contributed by atoms with Crippen molar-refractivity contribution in [3.05, 3.63) is 114 Å². The van der Waals surface area contributed by atoms with Gasteiger partial charge in [0.05, 0.1) is 0 Å². The largest absolute Gasteiger partial charge is 0.482 e. The molecule has 0 fully saturated rings. The molecule has 138 valence electrons. The van der Waals surface area contributed by atoms with Gasteiger partial charge in [-0.05, 0) is 34.0 Å². The second kappa shape index (κ2) is 8.40. The normalized spacial score (nSPS) is 10.8. The summed E-state index contributed by atoms with van der Waals surface area (Å²) in [4.78, 5) is 12.5. The Bertz CT molecular complexity index is 1020. The van der Waals surface area contributed by atoms with Crippen molar-refractivity contribution >= 4 is 16.7 Å². The molecular formula is C25H20O3. The van der Waals surface area contributed by atoms with E-state index in [0.29, 0.717) is 5.75 Å². The Labute approximate surface area is 164 Å². The van der Waals surface area contributed by atoms with Gasteiger partial charge >= 0.3 is 5.97 Å². The minimum absolute atomic E-state index is 0.144. The van der Waals surface area contributed by atoms with Crippen LogP contribution in [0, 0.1) is 0 Å². The van der Waals surface area contributed by atoms with Gasteiger partial charge in [0, 0.05) is 0 Å². The number of carbonyl (C=O) groups excluding carboxylic acids is 1. The number of ether oxygens (including phenoxy) is 2. The fourth-order valence-electron chi connectivity index (χ4n) is 3.15. The molecule has 0 saturated heterocycles. The summed E-state index contributed by atoms with van der Waals surface area (Å²) in [6.07, 6.45) is -0.463. The van der Waals surface area contributed by atoms with Gasteiger partial charge in [-0.25, -0.2) is 4.79 Å². The van der Waals surface area contributed by atoms with Gasteiger partial charge in [-0.2, -0.15) is 0 Å². The van der Waals surface area contributed by atoms with Gasteiger partial charge in [-0.1, -0.05) is 91.0 Å². The number of carbonyl (C=O) groups is 1. The summed E-state index contributed by atoms with van der Waals surface area (Å²) < 4.78 is 11.4. The first-order valence-corrected chi connectivity index (χ1v) is 9.20. The molecule has 28 heavy (non-hydrogen) atoms. The predicted octanol–water partition coefficient (Wildman–Crippen LogP) is 5.55. The standard InChI is InChI=1S/C25H20O3/c26-24(18-27-23-16-15-19-9-7-8-14-22(19)17-23)28-25(20-10-3-1-4-11-20)21-12-5-2-6-13-21/h1-17,25H,18H2. The fraction of sp³-hybridized carbons (Fsp3) is 0.0800. The average Bonchev–Trinajstić information content (AvgIpc) is 2.77. The monoisotopic (exact) mass is 368 g/mol. The van der Waals surface area contributed by atoms with E-state index in [2.05, 4.69) is 0 Å². The molecule has 0 aliphatic heterocycles. The van der Waals surface area contributed by atoms with Crippen LogP contribution in [0.3, 0.4) is 0 Å². The lowest BCUT2D eigenvalue weighted by atomic mass is 10.0. The zero-order valence-electron chi connectivity index (χ0n) is 15.3. The molecule has 0 spiro atoms. The zero-order valence-corrected chi connectivity index (χ0v) is 15.3. The van der Waals surface area contributed by atoms with Crippen LogP contribution < -0.4 is 4.74 Å². The van der Waals surface area contributed by atoms with Crippen molar-refractivity contribution in [3.8, 4) is 5.75 Å². The highest BCUT2D eigenvalue weighted by atomic mass is 16.6. The predicted molar refractivity (Wildman–Crippen MR) is 110 cm³/mol. The molecule has 4 aromatic rings. The van der Waals surface area contributed by atoms with E-state index < -0.39 is 12.1 Å². The molecule has 0 radical (unpaired) electrons. The molecule has 4 aromatic carbocycles. The average molecular weight is 368 g/mol. The third-order valence-corrected chi connectivity index (χ3v) is 4.53. The lowest BCUT2D eigenvalue weighted by molar-refractivity contribution is -0.149. The first-order valence-electron chi connectivity index (χ1n) is 9.20. The van der Waals surface area contributed by atoms with Gasteiger partial charge in [0.2, 0.25) is 0 Å². The third kappa shape index (κ3) is 4.21. The number of rotatable bonds is 6. The molecule has 4 rings (SSSR count). The van der Waals surface area contributed by atoms with Crippen molar-refractivity contribution in [1.29, 1.82) is 0 Å². The van der Waals surface area contributed by atoms with Gasteiger partial charge in [-0.15, -0.1) is 0 Å². The Morgan fingerprint density at radius 1 is 0.679 bits per heavy atom. The smallest absolute Gasteiger partial charge is 0.345 e. The van der Waals surface area contributed by atoms with E-state index in [-0.39, 0.29) is 6.61 Å². The van der Waals surface area contributed by atoms with Crippen LogP contribution >= 0.6 is 0 Å². The number of hydrogen-bond donors (Lipinski definition) is 0. The van der Waals surface area contributed by atoms with Crippen LogP contribution in [0.15, 0.2) is 103 Å². The minimum atomic E-state index is -0.463. The summed E-state index contributed by atoms with van der Waals surface area (Å²) in [6.45, 7) is -0.144. The van der Waals surface area contributed by atoms with Gasteiger partial charge < -0.3 is 9.47 Å². The van der Waals surface area contributed by atoms with E-state index in [1.165, 1.54) is 0 Å². The van der Waals surface area contributed by atoms with Crippen molar-refractivity contribution in [1.82, 2.24) is 0 Å². The van der Waals surface area contributed by atoms with Gasteiger partial charge in [-0.3, -0.25) is 0 Å². The van der Waals surface area contributed by atoms with Crippen molar-refractivity contribution in [2.24, 2.45) is 0 Å². The summed E-state index contributed by atoms with van der Waals surface area (Å²) in [5, 5.41) is 2.20. The second-order valence-corrected chi connectivity index (χ2v) is 6.49. The molecule has 0 atom stereocenters.